The van der Waals surface area contributed by atoms with E-state index < -0.39 is 47.3 Å². The normalized spacial score (nSPS) is 38.8. The van der Waals surface area contributed by atoms with Crippen LogP contribution >= 0.6 is 0 Å². The largest absolute Gasteiger partial charge is 0.393 e. The molecule has 90 heavy (non-hydrogen) atoms. The number of hydrogen-bond donors (Lipinski definition) is 12. The second-order valence-electron chi connectivity index (χ2n) is 31.5. The second kappa shape index (κ2) is 29.6. The summed E-state index contributed by atoms with van der Waals surface area (Å²) in [7, 11) is 0. The molecule has 6 amide bonds. The smallest absolute Gasteiger partial charge is 0.242 e. The van der Waals surface area contributed by atoms with E-state index in [1.54, 1.807) is 0 Å². The van der Waals surface area contributed by atoms with Crippen molar-refractivity contribution in [2.24, 2.45) is 92.7 Å². The Morgan fingerprint density at radius 2 is 0.856 bits per heavy atom. The molecule has 8 aliphatic rings. The van der Waals surface area contributed by atoms with Crippen LogP contribution in [0.1, 0.15) is 221 Å². The maximum absolute atomic E-state index is 13.9. The molecule has 2 unspecified atom stereocenters. The van der Waals surface area contributed by atoms with E-state index >= 15 is 0 Å². The molecule has 1 aromatic carbocycles. The summed E-state index contributed by atoms with van der Waals surface area (Å²) in [6.45, 7) is 17.7. The summed E-state index contributed by atoms with van der Waals surface area (Å²) in [5.74, 6) is 0.728. The molecule has 0 heterocycles. The number of aliphatic hydroxyl groups is 6. The first-order valence-electron chi connectivity index (χ1n) is 35.5. The van der Waals surface area contributed by atoms with E-state index in [0.29, 0.717) is 90.1 Å². The molecule has 0 aromatic heterocycles. The van der Waals surface area contributed by atoms with Gasteiger partial charge in [-0.2, -0.15) is 0 Å². The number of fused-ring (bicyclic) bond motifs is 10. The number of carbonyl (C=O) groups is 6. The monoisotopic (exact) mass is 1260 g/mol. The summed E-state index contributed by atoms with van der Waals surface area (Å²) in [5.41, 5.74) is 0.831. The van der Waals surface area contributed by atoms with Gasteiger partial charge in [-0.15, -0.1) is 0 Å². The second-order valence-corrected chi connectivity index (χ2v) is 31.5. The van der Waals surface area contributed by atoms with Crippen molar-refractivity contribution in [2.45, 2.75) is 271 Å². The van der Waals surface area contributed by atoms with Crippen molar-refractivity contribution in [3.05, 3.63) is 35.4 Å². The van der Waals surface area contributed by atoms with Gasteiger partial charge in [0, 0.05) is 52.9 Å². The molecule has 0 bridgehead atoms. The number of rotatable bonds is 26. The number of hydrogen-bond acceptors (Lipinski definition) is 12. The van der Waals surface area contributed by atoms with Crippen LogP contribution in [0.3, 0.4) is 0 Å². The average molecular weight is 1260 g/mol. The molecule has 8 aliphatic carbocycles. The number of aliphatic hydroxyl groups excluding tert-OH is 6. The van der Waals surface area contributed by atoms with Gasteiger partial charge >= 0.3 is 0 Å². The SMILES string of the molecule is CC(=O)NCCCCC(NC(=O)CC[C@@H](C)[C@H]1CC[C@H]2[C@@H]3[C@H](O)C[C@@H]4C[C@H](O)CC[C@]4(C)[C@H]3C[C@H](O)[C@]12C)C(=O)NCc1ccc(CNC(=O)C(CCCCNC(C)=O)NC(=O)CC[C@@H](C)[C@H]2CC[C@H]3[C@@H]4[C@H](O)C[C@@H]5C[C@H](O)CC[C@]5(C)[C@H]4C[C@H](O)[C@]23C)cc1. The van der Waals surface area contributed by atoms with Crippen molar-refractivity contribution in [1.29, 1.82) is 0 Å². The molecule has 0 radical (unpaired) electrons. The van der Waals surface area contributed by atoms with Crippen LogP contribution in [0, 0.1) is 92.7 Å². The van der Waals surface area contributed by atoms with Crippen LogP contribution in [0.2, 0.25) is 0 Å². The average Bonchev–Trinajstić information content (AvgIpc) is 1.34. The lowest BCUT2D eigenvalue weighted by Crippen LogP contribution is -2.62. The van der Waals surface area contributed by atoms with Crippen molar-refractivity contribution in [2.75, 3.05) is 13.1 Å². The molecule has 506 valence electrons. The molecule has 9 rings (SSSR count). The van der Waals surface area contributed by atoms with Gasteiger partial charge < -0.3 is 62.5 Å². The Morgan fingerprint density at radius 1 is 0.478 bits per heavy atom. The van der Waals surface area contributed by atoms with Crippen LogP contribution in [0.4, 0.5) is 0 Å². The zero-order chi connectivity index (χ0) is 65.0. The third-order valence-electron chi connectivity index (χ3n) is 26.5. The molecule has 0 aliphatic heterocycles. The highest BCUT2D eigenvalue weighted by atomic mass is 16.3. The van der Waals surface area contributed by atoms with Gasteiger partial charge in [-0.1, -0.05) is 65.8 Å². The fourth-order valence-corrected chi connectivity index (χ4v) is 21.3. The van der Waals surface area contributed by atoms with Crippen molar-refractivity contribution in [3.8, 4) is 0 Å². The molecule has 24 atom stereocenters. The van der Waals surface area contributed by atoms with E-state index in [-0.39, 0.29) is 155 Å². The van der Waals surface area contributed by atoms with Crippen LogP contribution in [-0.2, 0) is 41.9 Å². The maximum atomic E-state index is 13.9. The van der Waals surface area contributed by atoms with E-state index in [1.807, 2.05) is 24.3 Å². The standard InChI is InChI=1S/C72H116N6O12/c1-41(51-21-23-53-65-55(37-61(85)71(51,53)7)69(5)29-27-49(81)33-47(69)35-59(65)83)15-25-63(87)77-57(13-9-11-31-73-43(3)79)67(89)75-39-45-17-19-46(20-18-45)40-76-68(90)58(14-10-12-32-74-44(4)80)78-64(88)26-16-42(2)52-22-24-54-66-56(38-62(86)72(52,54)8)70(6)30-28-50(82)34-48(70)36-60(66)84/h17-20,41-42,47-62,65-66,81-86H,9-16,21-40H2,1-8H3,(H,73,79)(H,74,80)(H,75,89)(H,76,90)(H,77,87)(H,78,88)/t41-,42-,47+,48+,49-,50-,51-,52-,53+,54+,55+,56+,57?,58?,59-,60-,61+,62+,65+,66+,69+,70+,71-,72-/m1/s1. The number of unbranched alkanes of at least 4 members (excludes halogenated alkanes) is 2. The number of nitrogens with one attached hydrogen (secondary N) is 6. The molecular weight excluding hydrogens is 1140 g/mol. The zero-order valence-corrected chi connectivity index (χ0v) is 55.8. The van der Waals surface area contributed by atoms with E-state index in [0.717, 1.165) is 75.3 Å². The van der Waals surface area contributed by atoms with Crippen LogP contribution in [0.25, 0.3) is 0 Å². The van der Waals surface area contributed by atoms with Crippen LogP contribution in [0.15, 0.2) is 24.3 Å². The molecule has 0 spiro atoms. The number of carbonyl (C=O) groups excluding carboxylic acids is 6. The fraction of sp³-hybridized carbons (Fsp3) is 0.833. The van der Waals surface area contributed by atoms with Crippen molar-refractivity contribution in [1.82, 2.24) is 31.9 Å². The Bertz CT molecular complexity index is 2470. The Labute approximate surface area is 537 Å². The molecule has 18 nitrogen and oxygen atoms in total. The first kappa shape index (κ1) is 70.1. The number of amides is 6. The predicted molar refractivity (Wildman–Crippen MR) is 344 cm³/mol. The third-order valence-corrected chi connectivity index (χ3v) is 26.5. The molecule has 8 saturated carbocycles. The number of benzene rings is 1. The lowest BCUT2D eigenvalue weighted by Gasteiger charge is -2.63. The van der Waals surface area contributed by atoms with Gasteiger partial charge in [0.05, 0.1) is 36.6 Å². The van der Waals surface area contributed by atoms with Gasteiger partial charge in [0.2, 0.25) is 35.4 Å². The molecule has 0 saturated heterocycles. The highest BCUT2D eigenvalue weighted by Crippen LogP contribution is 2.70. The van der Waals surface area contributed by atoms with Gasteiger partial charge in [0.15, 0.2) is 0 Å². The van der Waals surface area contributed by atoms with E-state index in [2.05, 4.69) is 73.4 Å². The topological polar surface area (TPSA) is 296 Å². The van der Waals surface area contributed by atoms with Crippen molar-refractivity contribution in [3.63, 3.8) is 0 Å². The Hall–Kier alpha value is -4.20. The van der Waals surface area contributed by atoms with Gasteiger partial charge in [0.25, 0.3) is 0 Å². The Balaban J connectivity index is 0.750. The van der Waals surface area contributed by atoms with Gasteiger partial charge in [0.1, 0.15) is 12.1 Å². The van der Waals surface area contributed by atoms with E-state index in [4.69, 9.17) is 0 Å². The van der Waals surface area contributed by atoms with Gasteiger partial charge in [-0.3, -0.25) is 28.8 Å². The van der Waals surface area contributed by atoms with Crippen molar-refractivity contribution >= 4 is 35.4 Å². The minimum atomic E-state index is -0.799. The lowest BCUT2D eigenvalue weighted by molar-refractivity contribution is -0.207. The molecule has 12 N–H and O–H groups in total. The van der Waals surface area contributed by atoms with E-state index in [9.17, 15) is 59.4 Å². The van der Waals surface area contributed by atoms with Crippen LogP contribution in [-0.4, -0.2) is 128 Å². The summed E-state index contributed by atoms with van der Waals surface area (Å²) >= 11 is 0. The summed E-state index contributed by atoms with van der Waals surface area (Å²) in [4.78, 5) is 78.7. The molecule has 8 fully saturated rings. The third kappa shape index (κ3) is 15.0. The minimum absolute atomic E-state index is 0.0112. The predicted octanol–water partition coefficient (Wildman–Crippen LogP) is 7.26. The van der Waals surface area contributed by atoms with Crippen LogP contribution in [0.5, 0.6) is 0 Å². The highest BCUT2D eigenvalue weighted by molar-refractivity contribution is 5.88. The summed E-state index contributed by atoms with van der Waals surface area (Å²) in [6, 6.07) is 5.92. The highest BCUT2D eigenvalue weighted by Gasteiger charge is 2.67. The first-order chi connectivity index (χ1) is 42.7. The van der Waals surface area contributed by atoms with Crippen LogP contribution < -0.4 is 31.9 Å². The van der Waals surface area contributed by atoms with Gasteiger partial charge in [-0.05, 0) is 245 Å². The molecule has 18 heteroatoms. The van der Waals surface area contributed by atoms with Gasteiger partial charge in [-0.25, -0.2) is 0 Å². The maximum Gasteiger partial charge on any atom is 0.242 e. The van der Waals surface area contributed by atoms with Crippen molar-refractivity contribution < 1.29 is 59.4 Å². The Morgan fingerprint density at radius 3 is 1.22 bits per heavy atom. The quantitative estimate of drug-likeness (QED) is 0.0408. The zero-order valence-electron chi connectivity index (χ0n) is 55.8. The summed E-state index contributed by atoms with van der Waals surface area (Å²) in [6.07, 6.45) is 13.5. The lowest BCUT2D eigenvalue weighted by atomic mass is 9.43. The first-order valence-corrected chi connectivity index (χ1v) is 35.5. The Kier molecular flexibility index (Phi) is 23.1. The summed E-state index contributed by atoms with van der Waals surface area (Å²) < 4.78 is 0. The molecular formula is C72H116N6O12. The summed E-state index contributed by atoms with van der Waals surface area (Å²) in [5, 5.41) is 86.6. The molecule has 1 aromatic rings. The minimum Gasteiger partial charge on any atom is -0.393 e. The fourth-order valence-electron chi connectivity index (χ4n) is 21.3. The van der Waals surface area contributed by atoms with E-state index in [1.165, 1.54) is 13.8 Å².